The van der Waals surface area contributed by atoms with E-state index in [0.29, 0.717) is 0 Å². The molecule has 0 radical (unpaired) electrons. The highest BCUT2D eigenvalue weighted by molar-refractivity contribution is 6.17. The van der Waals surface area contributed by atoms with E-state index in [0.717, 1.165) is 39.0 Å². The second-order valence-corrected chi connectivity index (χ2v) is 20.5. The predicted molar refractivity (Wildman–Crippen MR) is 275 cm³/mol. The van der Waals surface area contributed by atoms with Crippen LogP contribution in [0.1, 0.15) is 74.9 Å². The Hall–Kier alpha value is -7.62. The largest absolute Gasteiger partial charge is 0.456 e. The van der Waals surface area contributed by atoms with E-state index in [2.05, 4.69) is 233 Å². The van der Waals surface area contributed by atoms with Crippen LogP contribution in [-0.4, -0.2) is 4.57 Å². The van der Waals surface area contributed by atoms with Gasteiger partial charge in [-0.1, -0.05) is 157 Å². The molecular weight excluding hydrogens is 801 g/mol. The molecule has 0 spiro atoms. The first kappa shape index (κ1) is 37.7. The van der Waals surface area contributed by atoms with Crippen LogP contribution in [0.15, 0.2) is 186 Å². The van der Waals surface area contributed by atoms with Crippen LogP contribution < -0.4 is 4.90 Å². The molecule has 3 aliphatic carbocycles. The first-order valence-corrected chi connectivity index (χ1v) is 23.4. The van der Waals surface area contributed by atoms with Gasteiger partial charge in [0.25, 0.3) is 0 Å². The summed E-state index contributed by atoms with van der Waals surface area (Å²) in [5, 5.41) is 6.04. The van der Waals surface area contributed by atoms with Gasteiger partial charge in [-0.25, -0.2) is 0 Å². The maximum atomic E-state index is 6.90. The molecule has 2 aromatic heterocycles. The number of rotatable bonds is 4. The maximum Gasteiger partial charge on any atom is 0.137 e. The van der Waals surface area contributed by atoms with Crippen LogP contribution in [-0.2, 0) is 16.2 Å². The zero-order valence-corrected chi connectivity index (χ0v) is 38.1. The third-order valence-corrected chi connectivity index (χ3v) is 15.9. The average Bonchev–Trinajstić information content (AvgIpc) is 4.07. The molecule has 0 N–H and O–H groups in total. The van der Waals surface area contributed by atoms with Gasteiger partial charge in [-0.3, -0.25) is 0 Å². The summed E-state index contributed by atoms with van der Waals surface area (Å²) in [5.74, 6) is 0. The monoisotopic (exact) mass is 848 g/mol. The highest BCUT2D eigenvalue weighted by atomic mass is 16.3. The lowest BCUT2D eigenvalue weighted by Crippen LogP contribution is -2.16. The van der Waals surface area contributed by atoms with Crippen molar-refractivity contribution in [3.8, 4) is 39.2 Å². The van der Waals surface area contributed by atoms with Crippen molar-refractivity contribution in [2.75, 3.05) is 4.90 Å². The number of fused-ring (bicyclic) bond motifs is 16. The lowest BCUT2D eigenvalue weighted by Gasteiger charge is -2.29. The number of aromatic nitrogens is 1. The summed E-state index contributed by atoms with van der Waals surface area (Å²) in [4.78, 5) is 2.49. The van der Waals surface area contributed by atoms with Gasteiger partial charge in [0.15, 0.2) is 0 Å². The van der Waals surface area contributed by atoms with Crippen molar-refractivity contribution in [2.24, 2.45) is 0 Å². The Morgan fingerprint density at radius 2 is 1.02 bits per heavy atom. The minimum absolute atomic E-state index is 0.126. The molecule has 0 fully saturated rings. The Morgan fingerprint density at radius 3 is 1.76 bits per heavy atom. The number of hydrogen-bond donors (Lipinski definition) is 0. The van der Waals surface area contributed by atoms with Gasteiger partial charge in [0.2, 0.25) is 0 Å². The minimum atomic E-state index is -0.189. The summed E-state index contributed by atoms with van der Waals surface area (Å²) in [6, 6.07) is 68.0. The fraction of sp³-hybridized carbons (Fsp3) is 0.143. The van der Waals surface area contributed by atoms with Crippen molar-refractivity contribution in [3.63, 3.8) is 0 Å². The van der Waals surface area contributed by atoms with E-state index in [1.165, 1.54) is 94.3 Å². The predicted octanol–water partition coefficient (Wildman–Crippen LogP) is 17.1. The third-order valence-electron chi connectivity index (χ3n) is 15.9. The molecule has 66 heavy (non-hydrogen) atoms. The SMILES string of the molecule is CC1(C)c2ccccc2-c2ccc(N(c3ccc4c(ccc5c4c4c(n5-c5ccccc5)-c5ccccc5C4(C)C)c3)c3cccc4oc5cc6c(cc5c34)-c3ccccc3C6(C)C)cc21. The van der Waals surface area contributed by atoms with Gasteiger partial charge in [0, 0.05) is 49.6 Å². The maximum absolute atomic E-state index is 6.90. The molecule has 3 heteroatoms. The van der Waals surface area contributed by atoms with E-state index in [4.69, 9.17) is 4.42 Å². The second kappa shape index (κ2) is 12.8. The first-order chi connectivity index (χ1) is 32.0. The smallest absolute Gasteiger partial charge is 0.137 e. The summed E-state index contributed by atoms with van der Waals surface area (Å²) in [6.45, 7) is 14.2. The molecule has 11 aromatic rings. The van der Waals surface area contributed by atoms with E-state index in [1.807, 2.05) is 0 Å². The fourth-order valence-electron chi connectivity index (χ4n) is 12.8. The van der Waals surface area contributed by atoms with Crippen LogP contribution in [0.3, 0.4) is 0 Å². The molecule has 2 heterocycles. The van der Waals surface area contributed by atoms with Crippen molar-refractivity contribution in [3.05, 3.63) is 215 Å². The van der Waals surface area contributed by atoms with Crippen LogP contribution >= 0.6 is 0 Å². The molecule has 0 amide bonds. The molecule has 316 valence electrons. The van der Waals surface area contributed by atoms with Crippen LogP contribution in [0.25, 0.3) is 82.8 Å². The quantitative estimate of drug-likeness (QED) is 0.176. The van der Waals surface area contributed by atoms with Gasteiger partial charge in [0.05, 0.1) is 22.3 Å². The van der Waals surface area contributed by atoms with Gasteiger partial charge in [0.1, 0.15) is 11.2 Å². The molecule has 0 saturated carbocycles. The normalized spacial score (nSPS) is 15.5. The summed E-state index contributed by atoms with van der Waals surface area (Å²) in [6.07, 6.45) is 0. The van der Waals surface area contributed by atoms with E-state index >= 15 is 0 Å². The topological polar surface area (TPSA) is 21.3 Å². The Labute approximate surface area is 385 Å². The second-order valence-electron chi connectivity index (χ2n) is 20.5. The molecule has 0 bridgehead atoms. The molecule has 0 atom stereocenters. The van der Waals surface area contributed by atoms with E-state index < -0.39 is 0 Å². The van der Waals surface area contributed by atoms with Gasteiger partial charge in [-0.2, -0.15) is 0 Å². The van der Waals surface area contributed by atoms with Crippen molar-refractivity contribution >= 4 is 60.7 Å². The first-order valence-electron chi connectivity index (χ1n) is 23.4. The number of benzene rings is 9. The summed E-state index contributed by atoms with van der Waals surface area (Å²) in [7, 11) is 0. The Kier molecular flexibility index (Phi) is 7.32. The molecule has 14 rings (SSSR count). The minimum Gasteiger partial charge on any atom is -0.456 e. The van der Waals surface area contributed by atoms with Crippen LogP contribution in [0.2, 0.25) is 0 Å². The van der Waals surface area contributed by atoms with Crippen LogP contribution in [0.5, 0.6) is 0 Å². The van der Waals surface area contributed by atoms with Crippen molar-refractivity contribution in [1.29, 1.82) is 0 Å². The van der Waals surface area contributed by atoms with Crippen LogP contribution in [0, 0.1) is 0 Å². The molecule has 0 saturated heterocycles. The Morgan fingerprint density at radius 1 is 0.409 bits per heavy atom. The summed E-state index contributed by atoms with van der Waals surface area (Å²) in [5.41, 5.74) is 23.1. The zero-order chi connectivity index (χ0) is 44.4. The van der Waals surface area contributed by atoms with Gasteiger partial charge < -0.3 is 13.9 Å². The zero-order valence-electron chi connectivity index (χ0n) is 38.1. The number of para-hydroxylation sites is 1. The molecule has 9 aromatic carbocycles. The number of furan rings is 1. The number of anilines is 3. The van der Waals surface area contributed by atoms with Crippen molar-refractivity contribution in [2.45, 2.75) is 57.8 Å². The molecule has 3 aliphatic rings. The number of hydrogen-bond acceptors (Lipinski definition) is 2. The summed E-state index contributed by atoms with van der Waals surface area (Å²) >= 11 is 0. The molecule has 0 unspecified atom stereocenters. The van der Waals surface area contributed by atoms with Crippen molar-refractivity contribution in [1.82, 2.24) is 4.57 Å². The third kappa shape index (κ3) is 4.77. The van der Waals surface area contributed by atoms with Crippen LogP contribution in [0.4, 0.5) is 17.1 Å². The number of nitrogens with zero attached hydrogens (tertiary/aromatic N) is 2. The standard InChI is InChI=1S/C63H48N2O/c1-61(2)48-22-13-10-19-42(48)44-31-29-40(34-51(44)61)64(53-25-16-26-55-57(53)47-35-46-43-20-11-14-23-49(43)62(3,4)52(46)36-56(47)66-55)39-28-30-41-37(33-39)27-32-54-58(41)59-60(65(54)38-17-8-7-9-18-38)45-21-12-15-24-50(45)63(59,5)6/h7-36H,1-6H3. The van der Waals surface area contributed by atoms with Gasteiger partial charge in [-0.05, 0) is 133 Å². The average molecular weight is 849 g/mol. The molecule has 3 nitrogen and oxygen atoms in total. The van der Waals surface area contributed by atoms with E-state index in [-0.39, 0.29) is 16.2 Å². The molecule has 0 aliphatic heterocycles. The molecular formula is C63H48N2O. The van der Waals surface area contributed by atoms with E-state index in [9.17, 15) is 0 Å². The van der Waals surface area contributed by atoms with Gasteiger partial charge >= 0.3 is 0 Å². The highest BCUT2D eigenvalue weighted by Gasteiger charge is 2.42. The fourth-order valence-corrected chi connectivity index (χ4v) is 12.8. The van der Waals surface area contributed by atoms with Gasteiger partial charge in [-0.15, -0.1) is 0 Å². The van der Waals surface area contributed by atoms with E-state index in [1.54, 1.807) is 0 Å². The Bertz CT molecular complexity index is 3910. The lowest BCUT2D eigenvalue weighted by atomic mass is 9.81. The lowest BCUT2D eigenvalue weighted by molar-refractivity contribution is 0.647. The highest BCUT2D eigenvalue weighted by Crippen LogP contribution is 2.57. The Balaban J connectivity index is 1.03. The van der Waals surface area contributed by atoms with Crippen molar-refractivity contribution < 1.29 is 4.42 Å². The summed E-state index contributed by atoms with van der Waals surface area (Å²) < 4.78 is 9.40.